The highest BCUT2D eigenvalue weighted by atomic mass is 16.5. The number of hydrogen-bond donors (Lipinski definition) is 0. The molecule has 0 radical (unpaired) electrons. The monoisotopic (exact) mass is 259 g/mol. The van der Waals surface area contributed by atoms with Crippen LogP contribution in [-0.2, 0) is 9.53 Å². The van der Waals surface area contributed by atoms with Crippen LogP contribution in [0.5, 0.6) is 0 Å². The van der Waals surface area contributed by atoms with Gasteiger partial charge in [0.15, 0.2) is 0 Å². The van der Waals surface area contributed by atoms with E-state index in [0.717, 1.165) is 19.4 Å². The first-order valence-corrected chi connectivity index (χ1v) is 7.18. The van der Waals surface area contributed by atoms with Gasteiger partial charge in [-0.25, -0.2) is 0 Å². The third-order valence-corrected chi connectivity index (χ3v) is 4.55. The summed E-state index contributed by atoms with van der Waals surface area (Å²) in [6, 6.07) is 10.8. The summed E-state index contributed by atoms with van der Waals surface area (Å²) < 4.78 is 5.63. The fraction of sp³-hybridized carbons (Fsp3) is 0.562. The number of amides is 1. The van der Waals surface area contributed by atoms with Crippen LogP contribution in [0.4, 0.5) is 0 Å². The Morgan fingerprint density at radius 2 is 2.00 bits per heavy atom. The largest absolute Gasteiger partial charge is 0.380 e. The summed E-state index contributed by atoms with van der Waals surface area (Å²) in [4.78, 5) is 14.3. The highest BCUT2D eigenvalue weighted by Crippen LogP contribution is 2.39. The van der Waals surface area contributed by atoms with E-state index in [0.29, 0.717) is 18.4 Å². The average Bonchev–Trinajstić information content (AvgIpc) is 2.48. The van der Waals surface area contributed by atoms with Gasteiger partial charge in [0.25, 0.3) is 0 Å². The molecule has 0 spiro atoms. The normalized spacial score (nSPS) is 31.1. The number of fused-ring (bicyclic) bond motifs is 1. The molecule has 0 N–H and O–H groups in total. The lowest BCUT2D eigenvalue weighted by molar-refractivity contribution is -0.146. The van der Waals surface area contributed by atoms with Gasteiger partial charge in [0.05, 0.1) is 12.5 Å². The van der Waals surface area contributed by atoms with Crippen molar-refractivity contribution in [3.8, 4) is 0 Å². The van der Waals surface area contributed by atoms with Crippen molar-refractivity contribution in [3.05, 3.63) is 35.9 Å². The van der Waals surface area contributed by atoms with Gasteiger partial charge in [0, 0.05) is 25.6 Å². The number of nitrogens with zero attached hydrogens (tertiary/aromatic N) is 1. The number of benzene rings is 1. The lowest BCUT2D eigenvalue weighted by atomic mass is 9.77. The Hall–Kier alpha value is -1.35. The molecule has 0 aliphatic carbocycles. The number of ether oxygens (including phenoxy) is 1. The molecule has 3 nitrogen and oxygen atoms in total. The Kier molecular flexibility index (Phi) is 3.56. The van der Waals surface area contributed by atoms with Gasteiger partial charge < -0.3 is 9.64 Å². The fourth-order valence-electron chi connectivity index (χ4n) is 3.65. The van der Waals surface area contributed by atoms with Crippen LogP contribution in [0.25, 0.3) is 0 Å². The molecule has 2 fully saturated rings. The van der Waals surface area contributed by atoms with Gasteiger partial charge >= 0.3 is 0 Å². The molecule has 2 saturated heterocycles. The SMILES string of the molecule is CO[C@@H]1CC(=O)N2CCCC[C@@H]2[C@H]1c1ccccc1. The molecule has 19 heavy (non-hydrogen) atoms. The van der Waals surface area contributed by atoms with Crippen molar-refractivity contribution in [2.45, 2.75) is 43.7 Å². The highest BCUT2D eigenvalue weighted by molar-refractivity contribution is 5.78. The van der Waals surface area contributed by atoms with Crippen LogP contribution in [0.2, 0.25) is 0 Å². The van der Waals surface area contributed by atoms with Crippen LogP contribution < -0.4 is 0 Å². The summed E-state index contributed by atoms with van der Waals surface area (Å²) in [5.74, 6) is 0.591. The van der Waals surface area contributed by atoms with E-state index < -0.39 is 0 Å². The minimum atomic E-state index is 0.0225. The van der Waals surface area contributed by atoms with E-state index in [9.17, 15) is 4.79 Å². The first-order valence-electron chi connectivity index (χ1n) is 7.18. The zero-order valence-corrected chi connectivity index (χ0v) is 11.4. The van der Waals surface area contributed by atoms with Gasteiger partial charge in [0.2, 0.25) is 5.91 Å². The van der Waals surface area contributed by atoms with E-state index in [2.05, 4.69) is 29.2 Å². The minimum absolute atomic E-state index is 0.0225. The lowest BCUT2D eigenvalue weighted by Gasteiger charge is -2.47. The number of piperidine rings is 2. The van der Waals surface area contributed by atoms with Crippen LogP contribution in [0.15, 0.2) is 30.3 Å². The molecule has 3 heteroatoms. The van der Waals surface area contributed by atoms with E-state index >= 15 is 0 Å². The summed E-state index contributed by atoms with van der Waals surface area (Å²) in [7, 11) is 1.73. The topological polar surface area (TPSA) is 29.5 Å². The van der Waals surface area contributed by atoms with Gasteiger partial charge in [-0.3, -0.25) is 4.79 Å². The van der Waals surface area contributed by atoms with Crippen molar-refractivity contribution in [2.75, 3.05) is 13.7 Å². The summed E-state index contributed by atoms with van der Waals surface area (Å²) >= 11 is 0. The average molecular weight is 259 g/mol. The molecule has 3 atom stereocenters. The molecule has 1 amide bonds. The van der Waals surface area contributed by atoms with E-state index in [1.165, 1.54) is 12.0 Å². The van der Waals surface area contributed by atoms with Gasteiger partial charge in [-0.15, -0.1) is 0 Å². The van der Waals surface area contributed by atoms with Crippen molar-refractivity contribution in [2.24, 2.45) is 0 Å². The molecule has 0 saturated carbocycles. The van der Waals surface area contributed by atoms with Gasteiger partial charge in [0.1, 0.15) is 0 Å². The molecule has 2 aliphatic rings. The van der Waals surface area contributed by atoms with Crippen LogP contribution >= 0.6 is 0 Å². The molecular formula is C16H21NO2. The molecular weight excluding hydrogens is 238 g/mol. The molecule has 2 aliphatic heterocycles. The van der Waals surface area contributed by atoms with Gasteiger partial charge in [-0.05, 0) is 24.8 Å². The van der Waals surface area contributed by atoms with E-state index in [1.807, 2.05) is 6.07 Å². The maximum absolute atomic E-state index is 12.2. The number of carbonyl (C=O) groups excluding carboxylic acids is 1. The molecule has 102 valence electrons. The van der Waals surface area contributed by atoms with Crippen molar-refractivity contribution < 1.29 is 9.53 Å². The Bertz CT molecular complexity index is 445. The van der Waals surface area contributed by atoms with Gasteiger partial charge in [-0.2, -0.15) is 0 Å². The summed E-state index contributed by atoms with van der Waals surface area (Å²) in [5, 5.41) is 0. The van der Waals surface area contributed by atoms with Crippen LogP contribution in [0.1, 0.15) is 37.2 Å². The minimum Gasteiger partial charge on any atom is -0.380 e. The van der Waals surface area contributed by atoms with Crippen LogP contribution in [0, 0.1) is 0 Å². The Morgan fingerprint density at radius 1 is 1.21 bits per heavy atom. The molecule has 3 rings (SSSR count). The Morgan fingerprint density at radius 3 is 2.74 bits per heavy atom. The van der Waals surface area contributed by atoms with E-state index in [1.54, 1.807) is 7.11 Å². The van der Waals surface area contributed by atoms with Crippen LogP contribution in [0.3, 0.4) is 0 Å². The summed E-state index contributed by atoms with van der Waals surface area (Å²) in [6.45, 7) is 0.920. The molecule has 2 heterocycles. The van der Waals surface area contributed by atoms with Gasteiger partial charge in [-0.1, -0.05) is 30.3 Å². The third kappa shape index (κ3) is 2.27. The zero-order valence-electron chi connectivity index (χ0n) is 11.4. The number of rotatable bonds is 2. The lowest BCUT2D eigenvalue weighted by Crippen LogP contribution is -2.55. The first-order chi connectivity index (χ1) is 9.31. The van der Waals surface area contributed by atoms with Crippen molar-refractivity contribution >= 4 is 5.91 Å². The standard InChI is InChI=1S/C16H21NO2/c1-19-14-11-15(18)17-10-6-5-9-13(17)16(14)12-7-3-2-4-8-12/h2-4,7-8,13-14,16H,5-6,9-11H2,1H3/t13-,14-,16-/m1/s1. The van der Waals surface area contributed by atoms with E-state index in [-0.39, 0.29) is 12.0 Å². The van der Waals surface area contributed by atoms with Crippen molar-refractivity contribution in [3.63, 3.8) is 0 Å². The Balaban J connectivity index is 1.95. The second-order valence-electron chi connectivity index (χ2n) is 5.57. The molecule has 0 unspecified atom stereocenters. The molecule has 1 aromatic rings. The van der Waals surface area contributed by atoms with Crippen molar-refractivity contribution in [1.29, 1.82) is 0 Å². The highest BCUT2D eigenvalue weighted by Gasteiger charge is 2.43. The quantitative estimate of drug-likeness (QED) is 0.817. The maximum Gasteiger partial charge on any atom is 0.225 e. The fourth-order valence-corrected chi connectivity index (χ4v) is 3.65. The van der Waals surface area contributed by atoms with Crippen LogP contribution in [-0.4, -0.2) is 36.6 Å². The second kappa shape index (κ2) is 5.33. The zero-order chi connectivity index (χ0) is 13.2. The van der Waals surface area contributed by atoms with Crippen molar-refractivity contribution in [1.82, 2.24) is 4.90 Å². The Labute approximate surface area is 114 Å². The first kappa shape index (κ1) is 12.7. The molecule has 1 aromatic carbocycles. The smallest absolute Gasteiger partial charge is 0.225 e. The predicted octanol–water partition coefficient (Wildman–Crippen LogP) is 2.57. The number of hydrogen-bond acceptors (Lipinski definition) is 2. The summed E-state index contributed by atoms with van der Waals surface area (Å²) in [6.07, 6.45) is 4.00. The molecule has 0 bridgehead atoms. The maximum atomic E-state index is 12.2. The number of carbonyl (C=O) groups is 1. The second-order valence-corrected chi connectivity index (χ2v) is 5.57. The molecule has 0 aromatic heterocycles. The third-order valence-electron chi connectivity index (χ3n) is 4.55. The number of methoxy groups -OCH3 is 1. The van der Waals surface area contributed by atoms with E-state index in [4.69, 9.17) is 4.74 Å². The summed E-state index contributed by atoms with van der Waals surface area (Å²) in [5.41, 5.74) is 1.30. The predicted molar refractivity (Wildman–Crippen MR) is 73.9 cm³/mol.